The highest BCUT2D eigenvalue weighted by atomic mass is 15.3. The number of hydrogen-bond acceptors (Lipinski definition) is 2. The van der Waals surface area contributed by atoms with Crippen molar-refractivity contribution in [1.82, 2.24) is 10.2 Å². The van der Waals surface area contributed by atoms with E-state index in [-0.39, 0.29) is 0 Å². The van der Waals surface area contributed by atoms with Gasteiger partial charge in [0.2, 0.25) is 0 Å². The van der Waals surface area contributed by atoms with E-state index in [4.69, 9.17) is 0 Å². The molecule has 0 amide bonds. The zero-order chi connectivity index (χ0) is 15.4. The molecule has 1 aromatic carbocycles. The quantitative estimate of drug-likeness (QED) is 0.687. The summed E-state index contributed by atoms with van der Waals surface area (Å²) >= 11 is 0. The van der Waals surface area contributed by atoms with Gasteiger partial charge in [0.15, 0.2) is 5.96 Å². The molecule has 1 saturated heterocycles. The van der Waals surface area contributed by atoms with Crippen molar-refractivity contribution >= 4 is 11.6 Å². The summed E-state index contributed by atoms with van der Waals surface area (Å²) in [4.78, 5) is 9.36. The molecule has 2 heterocycles. The second kappa shape index (κ2) is 7.14. The van der Waals surface area contributed by atoms with E-state index in [0.717, 1.165) is 37.9 Å². The zero-order valence-corrected chi connectivity index (χ0v) is 13.9. The molecule has 0 radical (unpaired) electrons. The minimum absolute atomic E-state index is 0.901. The fourth-order valence-corrected chi connectivity index (χ4v) is 3.46. The Bertz CT molecular complexity index is 518. The fourth-order valence-electron chi connectivity index (χ4n) is 3.46. The number of nitrogens with one attached hydrogen (secondary N) is 1. The van der Waals surface area contributed by atoms with E-state index in [1.54, 1.807) is 0 Å². The molecule has 0 unspecified atom stereocenters. The van der Waals surface area contributed by atoms with Crippen molar-refractivity contribution in [2.45, 2.75) is 26.2 Å². The first-order valence-corrected chi connectivity index (χ1v) is 8.56. The van der Waals surface area contributed by atoms with Crippen LogP contribution in [0.4, 0.5) is 5.69 Å². The molecular weight excluding hydrogens is 272 g/mol. The summed E-state index contributed by atoms with van der Waals surface area (Å²) < 4.78 is 0. The Morgan fingerprint density at radius 3 is 2.77 bits per heavy atom. The van der Waals surface area contributed by atoms with Crippen LogP contribution in [0.2, 0.25) is 0 Å². The van der Waals surface area contributed by atoms with Gasteiger partial charge in [-0.2, -0.15) is 0 Å². The van der Waals surface area contributed by atoms with E-state index in [2.05, 4.69) is 51.3 Å². The molecule has 0 spiro atoms. The van der Waals surface area contributed by atoms with Gasteiger partial charge in [0.25, 0.3) is 0 Å². The molecule has 0 aliphatic carbocycles. The van der Waals surface area contributed by atoms with Crippen LogP contribution in [0.15, 0.2) is 29.3 Å². The summed E-state index contributed by atoms with van der Waals surface area (Å²) in [5.41, 5.74) is 2.73. The summed E-state index contributed by atoms with van der Waals surface area (Å²) in [6.07, 6.45) is 3.79. The maximum absolute atomic E-state index is 4.48. The van der Waals surface area contributed by atoms with Crippen LogP contribution in [-0.2, 0) is 6.42 Å². The number of benzene rings is 1. The molecule has 2 aliphatic rings. The highest BCUT2D eigenvalue weighted by Crippen LogP contribution is 2.27. The van der Waals surface area contributed by atoms with Gasteiger partial charge in [-0.25, -0.2) is 0 Å². The molecule has 1 aromatic rings. The van der Waals surface area contributed by atoms with Crippen molar-refractivity contribution in [2.24, 2.45) is 10.9 Å². The molecule has 4 heteroatoms. The molecule has 0 atom stereocenters. The van der Waals surface area contributed by atoms with Crippen LogP contribution in [-0.4, -0.2) is 50.6 Å². The molecule has 4 nitrogen and oxygen atoms in total. The van der Waals surface area contributed by atoms with Crippen LogP contribution in [0.5, 0.6) is 0 Å². The van der Waals surface area contributed by atoms with Crippen LogP contribution >= 0.6 is 0 Å². The van der Waals surface area contributed by atoms with Crippen LogP contribution in [0.1, 0.15) is 25.3 Å². The number of guanidine groups is 1. The van der Waals surface area contributed by atoms with Crippen molar-refractivity contribution in [2.75, 3.05) is 44.7 Å². The lowest BCUT2D eigenvalue weighted by Crippen LogP contribution is -2.45. The number of fused-ring (bicyclic) bond motifs is 1. The Hall–Kier alpha value is -1.55. The van der Waals surface area contributed by atoms with Gasteiger partial charge >= 0.3 is 0 Å². The van der Waals surface area contributed by atoms with Gasteiger partial charge in [-0.15, -0.1) is 0 Å². The van der Waals surface area contributed by atoms with Gasteiger partial charge < -0.3 is 15.1 Å². The number of aliphatic imine (C=N–C) groups is 1. The molecule has 1 fully saturated rings. The number of anilines is 1. The highest BCUT2D eigenvalue weighted by molar-refractivity contribution is 5.97. The first kappa shape index (κ1) is 15.3. The standard InChI is InChI=1S/C18H28N4/c1-15-7-11-21(12-8-15)14-10-20-18(19-2)22-13-9-16-5-3-4-6-17(16)22/h3-6,15H,7-14H2,1-2H3,(H,19,20). The molecule has 0 bridgehead atoms. The van der Waals surface area contributed by atoms with E-state index in [1.807, 2.05) is 7.05 Å². The number of para-hydroxylation sites is 1. The molecule has 3 rings (SSSR count). The van der Waals surface area contributed by atoms with E-state index in [9.17, 15) is 0 Å². The Labute approximate surface area is 134 Å². The SMILES string of the molecule is CN=C(NCCN1CCC(C)CC1)N1CCc2ccccc21. The third-order valence-electron chi connectivity index (χ3n) is 4.94. The van der Waals surface area contributed by atoms with E-state index in [0.29, 0.717) is 0 Å². The second-order valence-electron chi connectivity index (χ2n) is 6.53. The molecule has 0 aromatic heterocycles. The summed E-state index contributed by atoms with van der Waals surface area (Å²) in [6, 6.07) is 8.65. The third kappa shape index (κ3) is 3.43. The average molecular weight is 300 g/mol. The number of piperidine rings is 1. The minimum Gasteiger partial charge on any atom is -0.355 e. The average Bonchev–Trinajstić information content (AvgIpc) is 2.97. The van der Waals surface area contributed by atoms with Crippen LogP contribution in [0, 0.1) is 5.92 Å². The van der Waals surface area contributed by atoms with Crippen LogP contribution in [0.25, 0.3) is 0 Å². The largest absolute Gasteiger partial charge is 0.355 e. The third-order valence-corrected chi connectivity index (χ3v) is 4.94. The van der Waals surface area contributed by atoms with Crippen molar-refractivity contribution in [3.8, 4) is 0 Å². The number of hydrogen-bond donors (Lipinski definition) is 1. The van der Waals surface area contributed by atoms with Gasteiger partial charge in [-0.05, 0) is 49.9 Å². The van der Waals surface area contributed by atoms with Crippen molar-refractivity contribution < 1.29 is 0 Å². The summed E-state index contributed by atoms with van der Waals surface area (Å²) in [5.74, 6) is 1.91. The fraction of sp³-hybridized carbons (Fsp3) is 0.611. The summed E-state index contributed by atoms with van der Waals surface area (Å²) in [6.45, 7) is 7.96. The van der Waals surface area contributed by atoms with Gasteiger partial charge in [0, 0.05) is 32.4 Å². The lowest BCUT2D eigenvalue weighted by atomic mass is 9.99. The molecule has 0 saturated carbocycles. The zero-order valence-electron chi connectivity index (χ0n) is 13.9. The Kier molecular flexibility index (Phi) is 4.98. The predicted octanol–water partition coefficient (Wildman–Crippen LogP) is 2.36. The summed E-state index contributed by atoms with van der Waals surface area (Å²) in [7, 11) is 1.88. The monoisotopic (exact) mass is 300 g/mol. The molecule has 22 heavy (non-hydrogen) atoms. The number of likely N-dealkylation sites (tertiary alicyclic amines) is 1. The van der Waals surface area contributed by atoms with Crippen molar-refractivity contribution in [3.63, 3.8) is 0 Å². The first-order valence-electron chi connectivity index (χ1n) is 8.56. The van der Waals surface area contributed by atoms with Crippen LogP contribution < -0.4 is 10.2 Å². The van der Waals surface area contributed by atoms with E-state index < -0.39 is 0 Å². The van der Waals surface area contributed by atoms with Gasteiger partial charge in [-0.3, -0.25) is 4.99 Å². The van der Waals surface area contributed by atoms with E-state index >= 15 is 0 Å². The lowest BCUT2D eigenvalue weighted by molar-refractivity contribution is 0.195. The van der Waals surface area contributed by atoms with Crippen molar-refractivity contribution in [1.29, 1.82) is 0 Å². The topological polar surface area (TPSA) is 30.9 Å². The Balaban J connectivity index is 1.51. The van der Waals surface area contributed by atoms with Crippen LogP contribution in [0.3, 0.4) is 0 Å². The predicted molar refractivity (Wildman–Crippen MR) is 93.7 cm³/mol. The van der Waals surface area contributed by atoms with E-state index in [1.165, 1.54) is 37.2 Å². The van der Waals surface area contributed by atoms with Crippen molar-refractivity contribution in [3.05, 3.63) is 29.8 Å². The number of rotatable bonds is 3. The molecule has 120 valence electrons. The molecule has 2 aliphatic heterocycles. The number of nitrogens with zero attached hydrogens (tertiary/aromatic N) is 3. The first-order chi connectivity index (χ1) is 10.8. The highest BCUT2D eigenvalue weighted by Gasteiger charge is 2.22. The second-order valence-corrected chi connectivity index (χ2v) is 6.53. The maximum atomic E-state index is 4.48. The Morgan fingerprint density at radius 2 is 2.00 bits per heavy atom. The minimum atomic E-state index is 0.901. The van der Waals surface area contributed by atoms with Gasteiger partial charge in [0.1, 0.15) is 0 Å². The smallest absolute Gasteiger partial charge is 0.198 e. The molecular formula is C18H28N4. The van der Waals surface area contributed by atoms with Gasteiger partial charge in [0.05, 0.1) is 0 Å². The lowest BCUT2D eigenvalue weighted by Gasteiger charge is -2.30. The molecule has 1 N–H and O–H groups in total. The van der Waals surface area contributed by atoms with Gasteiger partial charge in [-0.1, -0.05) is 25.1 Å². The summed E-state index contributed by atoms with van der Waals surface area (Å²) in [5, 5.41) is 3.55. The maximum Gasteiger partial charge on any atom is 0.198 e. The Morgan fingerprint density at radius 1 is 1.23 bits per heavy atom. The normalized spacial score (nSPS) is 20.3.